The highest BCUT2D eigenvalue weighted by Gasteiger charge is 2.07. The van der Waals surface area contributed by atoms with Crippen molar-refractivity contribution in [2.75, 3.05) is 7.11 Å². The van der Waals surface area contributed by atoms with Gasteiger partial charge in [-0.2, -0.15) is 0 Å². The molecule has 0 bridgehead atoms. The van der Waals surface area contributed by atoms with Gasteiger partial charge in [0.05, 0.1) is 13.2 Å². The first-order valence-electron chi connectivity index (χ1n) is 7.15. The molecule has 2 aromatic carbocycles. The van der Waals surface area contributed by atoms with Crippen molar-refractivity contribution in [3.05, 3.63) is 65.9 Å². The Balaban J connectivity index is 1.91. The second-order valence-electron chi connectivity index (χ2n) is 5.05. The Morgan fingerprint density at radius 2 is 1.77 bits per heavy atom. The van der Waals surface area contributed by atoms with E-state index < -0.39 is 0 Å². The number of aromatic nitrogens is 1. The van der Waals surface area contributed by atoms with Crippen LogP contribution in [-0.4, -0.2) is 12.3 Å². The topological polar surface area (TPSA) is 61.3 Å². The zero-order chi connectivity index (χ0) is 15.4. The molecule has 0 saturated carbocycles. The van der Waals surface area contributed by atoms with Crippen molar-refractivity contribution < 1.29 is 9.26 Å². The summed E-state index contributed by atoms with van der Waals surface area (Å²) in [6.07, 6.45) is 0. The Bertz CT molecular complexity index is 748. The molecule has 0 spiro atoms. The van der Waals surface area contributed by atoms with Crippen molar-refractivity contribution in [2.45, 2.75) is 13.2 Å². The van der Waals surface area contributed by atoms with Crippen LogP contribution in [-0.2, 0) is 17.9 Å². The molecular formula is C18H18N2O2. The van der Waals surface area contributed by atoms with Crippen LogP contribution in [0.25, 0.3) is 22.4 Å². The number of hydrogen-bond donors (Lipinski definition) is 1. The van der Waals surface area contributed by atoms with Gasteiger partial charge in [0.15, 0.2) is 5.76 Å². The summed E-state index contributed by atoms with van der Waals surface area (Å²) >= 11 is 0. The lowest BCUT2D eigenvalue weighted by Crippen LogP contribution is -1.92. The van der Waals surface area contributed by atoms with E-state index in [2.05, 4.69) is 29.4 Å². The molecule has 0 aliphatic heterocycles. The summed E-state index contributed by atoms with van der Waals surface area (Å²) in [4.78, 5) is 0. The second kappa shape index (κ2) is 6.56. The fraction of sp³-hybridized carbons (Fsp3) is 0.167. The number of ether oxygens (including phenoxy) is 1. The minimum absolute atomic E-state index is 0.357. The highest BCUT2D eigenvalue weighted by molar-refractivity contribution is 5.71. The first kappa shape index (κ1) is 14.5. The number of nitrogens with zero attached hydrogens (tertiary/aromatic N) is 1. The van der Waals surface area contributed by atoms with Crippen LogP contribution >= 0.6 is 0 Å². The zero-order valence-corrected chi connectivity index (χ0v) is 12.5. The Morgan fingerprint density at radius 3 is 2.45 bits per heavy atom. The number of hydrogen-bond acceptors (Lipinski definition) is 4. The molecule has 0 saturated heterocycles. The molecule has 0 aliphatic rings. The van der Waals surface area contributed by atoms with Crippen LogP contribution in [0.3, 0.4) is 0 Å². The van der Waals surface area contributed by atoms with E-state index in [1.807, 2.05) is 30.3 Å². The van der Waals surface area contributed by atoms with Crippen LogP contribution in [0.5, 0.6) is 0 Å². The average Bonchev–Trinajstić information content (AvgIpc) is 3.05. The Morgan fingerprint density at radius 1 is 1.05 bits per heavy atom. The van der Waals surface area contributed by atoms with Gasteiger partial charge in [-0.25, -0.2) is 0 Å². The standard InChI is InChI=1S/C18H18N2O2/c1-21-12-15-4-2-3-5-17(15)13-6-8-14(9-7-13)18-10-16(11-19)22-20-18/h2-10H,11-12,19H2,1H3. The van der Waals surface area contributed by atoms with Crippen molar-refractivity contribution in [1.29, 1.82) is 0 Å². The molecule has 4 heteroatoms. The monoisotopic (exact) mass is 294 g/mol. The second-order valence-corrected chi connectivity index (χ2v) is 5.05. The minimum atomic E-state index is 0.357. The Labute approximate surface area is 129 Å². The lowest BCUT2D eigenvalue weighted by Gasteiger charge is -2.09. The summed E-state index contributed by atoms with van der Waals surface area (Å²) in [5.74, 6) is 0.685. The average molecular weight is 294 g/mol. The fourth-order valence-electron chi connectivity index (χ4n) is 2.45. The molecule has 1 aromatic heterocycles. The van der Waals surface area contributed by atoms with Gasteiger partial charge in [-0.05, 0) is 16.7 Å². The molecular weight excluding hydrogens is 276 g/mol. The predicted octanol–water partition coefficient (Wildman–Crippen LogP) is 3.61. The van der Waals surface area contributed by atoms with Gasteiger partial charge >= 0.3 is 0 Å². The maximum Gasteiger partial charge on any atom is 0.150 e. The maximum atomic E-state index is 5.54. The molecule has 0 fully saturated rings. The number of nitrogens with two attached hydrogens (primary N) is 1. The molecule has 2 N–H and O–H groups in total. The van der Waals surface area contributed by atoms with E-state index in [0.29, 0.717) is 18.9 Å². The van der Waals surface area contributed by atoms with Crippen LogP contribution in [0.15, 0.2) is 59.1 Å². The van der Waals surface area contributed by atoms with E-state index in [1.165, 1.54) is 11.1 Å². The molecule has 0 atom stereocenters. The first-order valence-corrected chi connectivity index (χ1v) is 7.15. The lowest BCUT2D eigenvalue weighted by atomic mass is 9.98. The molecule has 3 rings (SSSR count). The normalized spacial score (nSPS) is 10.8. The first-order chi connectivity index (χ1) is 10.8. The summed E-state index contributed by atoms with van der Waals surface area (Å²) in [7, 11) is 1.71. The van der Waals surface area contributed by atoms with Crippen molar-refractivity contribution in [2.24, 2.45) is 5.73 Å². The summed E-state index contributed by atoms with van der Waals surface area (Å²) in [6.45, 7) is 0.955. The molecule has 112 valence electrons. The van der Waals surface area contributed by atoms with E-state index in [0.717, 1.165) is 16.8 Å². The highest BCUT2D eigenvalue weighted by Crippen LogP contribution is 2.27. The van der Waals surface area contributed by atoms with Gasteiger partial charge in [-0.3, -0.25) is 0 Å². The summed E-state index contributed by atoms with van der Waals surface area (Å²) in [5, 5.41) is 4.03. The predicted molar refractivity (Wildman–Crippen MR) is 86.0 cm³/mol. The molecule has 4 nitrogen and oxygen atoms in total. The van der Waals surface area contributed by atoms with Gasteiger partial charge in [0.2, 0.25) is 0 Å². The van der Waals surface area contributed by atoms with E-state index >= 15 is 0 Å². The van der Waals surface area contributed by atoms with Crippen LogP contribution < -0.4 is 5.73 Å². The Hall–Kier alpha value is -2.43. The smallest absolute Gasteiger partial charge is 0.150 e. The van der Waals surface area contributed by atoms with Crippen molar-refractivity contribution >= 4 is 0 Å². The molecule has 0 unspecified atom stereocenters. The van der Waals surface area contributed by atoms with Crippen molar-refractivity contribution in [3.8, 4) is 22.4 Å². The molecule has 1 heterocycles. The summed E-state index contributed by atoms with van der Waals surface area (Å²) in [6, 6.07) is 18.4. The summed E-state index contributed by atoms with van der Waals surface area (Å²) in [5.41, 5.74) is 10.9. The van der Waals surface area contributed by atoms with E-state index in [4.69, 9.17) is 15.0 Å². The van der Waals surface area contributed by atoms with Crippen LogP contribution in [0.2, 0.25) is 0 Å². The summed E-state index contributed by atoms with van der Waals surface area (Å²) < 4.78 is 10.4. The molecule has 3 aromatic rings. The third-order valence-electron chi connectivity index (χ3n) is 3.57. The molecule has 0 amide bonds. The zero-order valence-electron chi connectivity index (χ0n) is 12.5. The van der Waals surface area contributed by atoms with Gasteiger partial charge in [0, 0.05) is 18.7 Å². The van der Waals surface area contributed by atoms with Gasteiger partial charge in [0.25, 0.3) is 0 Å². The van der Waals surface area contributed by atoms with Crippen molar-refractivity contribution in [1.82, 2.24) is 5.16 Å². The van der Waals surface area contributed by atoms with Crippen LogP contribution in [0.4, 0.5) is 0 Å². The van der Waals surface area contributed by atoms with Crippen LogP contribution in [0.1, 0.15) is 11.3 Å². The fourth-order valence-corrected chi connectivity index (χ4v) is 2.45. The molecule has 0 aliphatic carbocycles. The van der Waals surface area contributed by atoms with E-state index in [1.54, 1.807) is 7.11 Å². The third kappa shape index (κ3) is 2.93. The quantitative estimate of drug-likeness (QED) is 0.780. The van der Waals surface area contributed by atoms with E-state index in [-0.39, 0.29) is 0 Å². The number of rotatable bonds is 5. The third-order valence-corrected chi connectivity index (χ3v) is 3.57. The molecule has 22 heavy (non-hydrogen) atoms. The van der Waals surface area contributed by atoms with Gasteiger partial charge < -0.3 is 15.0 Å². The SMILES string of the molecule is COCc1ccccc1-c1ccc(-c2cc(CN)on2)cc1. The van der Waals surface area contributed by atoms with E-state index in [9.17, 15) is 0 Å². The van der Waals surface area contributed by atoms with Gasteiger partial charge in [-0.15, -0.1) is 0 Å². The maximum absolute atomic E-state index is 5.54. The number of benzene rings is 2. The van der Waals surface area contributed by atoms with Crippen LogP contribution in [0, 0.1) is 0 Å². The van der Waals surface area contributed by atoms with Gasteiger partial charge in [0.1, 0.15) is 5.69 Å². The highest BCUT2D eigenvalue weighted by atomic mass is 16.5. The van der Waals surface area contributed by atoms with Gasteiger partial charge in [-0.1, -0.05) is 53.7 Å². The largest absolute Gasteiger partial charge is 0.380 e. The van der Waals surface area contributed by atoms with Crippen molar-refractivity contribution in [3.63, 3.8) is 0 Å². The lowest BCUT2D eigenvalue weighted by molar-refractivity contribution is 0.185. The minimum Gasteiger partial charge on any atom is -0.380 e. The molecule has 0 radical (unpaired) electrons. The number of methoxy groups -OCH3 is 1. The Kier molecular flexibility index (Phi) is 4.32.